The van der Waals surface area contributed by atoms with E-state index in [0.29, 0.717) is 5.56 Å². The van der Waals surface area contributed by atoms with Gasteiger partial charge in [-0.05, 0) is 35.9 Å². The lowest BCUT2D eigenvalue weighted by atomic mass is 10.1. The van der Waals surface area contributed by atoms with Crippen LogP contribution in [0.5, 0.6) is 0 Å². The van der Waals surface area contributed by atoms with E-state index < -0.39 is 23.4 Å². The molecule has 1 nitrogen and oxygen atoms in total. The van der Waals surface area contributed by atoms with E-state index in [4.69, 9.17) is 11.6 Å². The Labute approximate surface area is 122 Å². The van der Waals surface area contributed by atoms with Crippen molar-refractivity contribution >= 4 is 17.3 Å². The van der Waals surface area contributed by atoms with Gasteiger partial charge in [-0.2, -0.15) is 13.2 Å². The van der Waals surface area contributed by atoms with Gasteiger partial charge in [-0.3, -0.25) is 0 Å². The van der Waals surface area contributed by atoms with E-state index in [2.05, 4.69) is 5.32 Å². The van der Waals surface area contributed by atoms with Gasteiger partial charge in [0, 0.05) is 6.54 Å². The third-order valence-electron chi connectivity index (χ3n) is 2.76. The number of alkyl halides is 3. The molecule has 1 N–H and O–H groups in total. The van der Waals surface area contributed by atoms with Crippen molar-refractivity contribution in [3.05, 3.63) is 64.2 Å². The maximum atomic E-state index is 13.0. The van der Waals surface area contributed by atoms with Gasteiger partial charge < -0.3 is 5.32 Å². The summed E-state index contributed by atoms with van der Waals surface area (Å²) in [5.74, 6) is -1.96. The summed E-state index contributed by atoms with van der Waals surface area (Å²) in [6.45, 7) is 0.0995. The number of anilines is 1. The van der Waals surface area contributed by atoms with Crippen molar-refractivity contribution in [2.45, 2.75) is 12.7 Å². The fourth-order valence-electron chi connectivity index (χ4n) is 1.68. The lowest BCUT2D eigenvalue weighted by Gasteiger charge is -2.12. The molecule has 0 fully saturated rings. The standard InChI is InChI=1S/C14H9ClF5N/c15-10-6-9(14(18,19)20)2-4-13(10)21-7-8-1-3-11(16)12(17)5-8/h1-6,21H,7H2. The number of halogens is 6. The second kappa shape index (κ2) is 5.89. The van der Waals surface area contributed by atoms with Gasteiger partial charge >= 0.3 is 6.18 Å². The molecule has 0 saturated carbocycles. The van der Waals surface area contributed by atoms with E-state index in [1.54, 1.807) is 0 Å². The average molecular weight is 322 g/mol. The molecule has 7 heteroatoms. The van der Waals surface area contributed by atoms with Crippen LogP contribution in [0.15, 0.2) is 36.4 Å². The van der Waals surface area contributed by atoms with Crippen LogP contribution in [-0.2, 0) is 12.7 Å². The van der Waals surface area contributed by atoms with Crippen molar-refractivity contribution in [1.29, 1.82) is 0 Å². The Balaban J connectivity index is 2.11. The van der Waals surface area contributed by atoms with E-state index in [1.165, 1.54) is 12.1 Å². The number of hydrogen-bond donors (Lipinski definition) is 1. The monoisotopic (exact) mass is 321 g/mol. The zero-order valence-corrected chi connectivity index (χ0v) is 11.2. The smallest absolute Gasteiger partial charge is 0.380 e. The molecule has 112 valence electrons. The van der Waals surface area contributed by atoms with E-state index in [1.807, 2.05) is 0 Å². The molecule has 21 heavy (non-hydrogen) atoms. The summed E-state index contributed by atoms with van der Waals surface area (Å²) < 4.78 is 63.2. The molecule has 0 heterocycles. The number of rotatable bonds is 3. The Hall–Kier alpha value is -1.82. The molecule has 0 unspecified atom stereocenters. The molecule has 0 spiro atoms. The van der Waals surface area contributed by atoms with Crippen LogP contribution < -0.4 is 5.32 Å². The first-order chi connectivity index (χ1) is 9.77. The second-order valence-electron chi connectivity index (χ2n) is 4.29. The minimum atomic E-state index is -4.47. The highest BCUT2D eigenvalue weighted by Gasteiger charge is 2.30. The van der Waals surface area contributed by atoms with Crippen molar-refractivity contribution in [3.8, 4) is 0 Å². The van der Waals surface area contributed by atoms with Gasteiger partial charge in [0.25, 0.3) is 0 Å². The van der Waals surface area contributed by atoms with Gasteiger partial charge in [0.15, 0.2) is 11.6 Å². The highest BCUT2D eigenvalue weighted by molar-refractivity contribution is 6.33. The summed E-state index contributed by atoms with van der Waals surface area (Å²) in [7, 11) is 0. The predicted molar refractivity (Wildman–Crippen MR) is 70.1 cm³/mol. The van der Waals surface area contributed by atoms with Crippen molar-refractivity contribution in [3.63, 3.8) is 0 Å². The lowest BCUT2D eigenvalue weighted by Crippen LogP contribution is -2.06. The van der Waals surface area contributed by atoms with Gasteiger partial charge in [-0.15, -0.1) is 0 Å². The molecule has 0 atom stereocenters. The lowest BCUT2D eigenvalue weighted by molar-refractivity contribution is -0.137. The fraction of sp³-hybridized carbons (Fsp3) is 0.143. The van der Waals surface area contributed by atoms with Gasteiger partial charge in [-0.25, -0.2) is 8.78 Å². The van der Waals surface area contributed by atoms with Crippen LogP contribution in [0.3, 0.4) is 0 Å². The van der Waals surface area contributed by atoms with E-state index >= 15 is 0 Å². The first kappa shape index (κ1) is 15.6. The Morgan fingerprint density at radius 1 is 0.952 bits per heavy atom. The highest BCUT2D eigenvalue weighted by Crippen LogP contribution is 2.33. The molecular weight excluding hydrogens is 313 g/mol. The zero-order valence-electron chi connectivity index (χ0n) is 10.4. The molecule has 0 aromatic heterocycles. The van der Waals surface area contributed by atoms with E-state index in [-0.39, 0.29) is 17.3 Å². The van der Waals surface area contributed by atoms with Crippen LogP contribution in [0.25, 0.3) is 0 Å². The SMILES string of the molecule is Fc1ccc(CNc2ccc(C(F)(F)F)cc2Cl)cc1F. The van der Waals surface area contributed by atoms with Crippen LogP contribution in [-0.4, -0.2) is 0 Å². The van der Waals surface area contributed by atoms with Crippen molar-refractivity contribution in [1.82, 2.24) is 0 Å². The van der Waals surface area contributed by atoms with Gasteiger partial charge in [-0.1, -0.05) is 17.7 Å². The molecule has 2 aromatic carbocycles. The molecule has 0 aliphatic carbocycles. The Morgan fingerprint density at radius 2 is 1.67 bits per heavy atom. The average Bonchev–Trinajstić information content (AvgIpc) is 2.40. The van der Waals surface area contributed by atoms with Crippen LogP contribution in [0.4, 0.5) is 27.6 Å². The molecule has 0 saturated heterocycles. The molecule has 0 radical (unpaired) electrons. The number of hydrogen-bond acceptors (Lipinski definition) is 1. The van der Waals surface area contributed by atoms with Gasteiger partial charge in [0.2, 0.25) is 0 Å². The second-order valence-corrected chi connectivity index (χ2v) is 4.70. The van der Waals surface area contributed by atoms with Crippen LogP contribution in [0, 0.1) is 11.6 Å². The molecule has 0 aliphatic rings. The molecular formula is C14H9ClF5N. The zero-order chi connectivity index (χ0) is 15.6. The largest absolute Gasteiger partial charge is 0.416 e. The summed E-state index contributed by atoms with van der Waals surface area (Å²) in [6, 6.07) is 6.21. The summed E-state index contributed by atoms with van der Waals surface area (Å²) in [5, 5.41) is 2.66. The fourth-order valence-corrected chi connectivity index (χ4v) is 1.93. The summed E-state index contributed by atoms with van der Waals surface area (Å²) >= 11 is 5.76. The minimum Gasteiger partial charge on any atom is -0.380 e. The third kappa shape index (κ3) is 3.85. The highest BCUT2D eigenvalue weighted by atomic mass is 35.5. The molecule has 0 bridgehead atoms. The predicted octanol–water partition coefficient (Wildman–Crippen LogP) is 5.25. The van der Waals surface area contributed by atoms with Gasteiger partial charge in [0.1, 0.15) is 0 Å². The Bertz CT molecular complexity index is 654. The van der Waals surface area contributed by atoms with E-state index in [9.17, 15) is 22.0 Å². The van der Waals surface area contributed by atoms with Gasteiger partial charge in [0.05, 0.1) is 16.3 Å². The first-order valence-electron chi connectivity index (χ1n) is 5.82. The first-order valence-corrected chi connectivity index (χ1v) is 6.20. The van der Waals surface area contributed by atoms with Crippen molar-refractivity contribution in [2.24, 2.45) is 0 Å². The molecule has 2 rings (SSSR count). The Morgan fingerprint density at radius 3 is 2.24 bits per heavy atom. The number of benzene rings is 2. The summed E-state index contributed by atoms with van der Waals surface area (Å²) in [5.41, 5.74) is -0.148. The topological polar surface area (TPSA) is 12.0 Å². The molecule has 0 amide bonds. The molecule has 0 aliphatic heterocycles. The number of nitrogens with one attached hydrogen (secondary N) is 1. The van der Waals surface area contributed by atoms with E-state index in [0.717, 1.165) is 24.3 Å². The maximum Gasteiger partial charge on any atom is 0.416 e. The summed E-state index contributed by atoms with van der Waals surface area (Å²) in [6.07, 6.45) is -4.47. The summed E-state index contributed by atoms with van der Waals surface area (Å²) in [4.78, 5) is 0. The van der Waals surface area contributed by atoms with Crippen molar-refractivity contribution < 1.29 is 22.0 Å². The van der Waals surface area contributed by atoms with Crippen molar-refractivity contribution in [2.75, 3.05) is 5.32 Å². The van der Waals surface area contributed by atoms with Crippen LogP contribution in [0.2, 0.25) is 5.02 Å². The minimum absolute atomic E-state index is 0.0995. The van der Waals surface area contributed by atoms with Crippen LogP contribution in [0.1, 0.15) is 11.1 Å². The maximum absolute atomic E-state index is 13.0. The molecule has 2 aromatic rings. The normalized spacial score (nSPS) is 11.5. The van der Waals surface area contributed by atoms with Crippen LogP contribution >= 0.6 is 11.6 Å². The third-order valence-corrected chi connectivity index (χ3v) is 3.08. The quantitative estimate of drug-likeness (QED) is 0.761. The Kier molecular flexibility index (Phi) is 4.37.